The summed E-state index contributed by atoms with van der Waals surface area (Å²) in [7, 11) is 0. The molecule has 10 heteroatoms. The van der Waals surface area contributed by atoms with Crippen LogP contribution in [-0.2, 0) is 27.0 Å². The average Bonchev–Trinajstić information content (AvgIpc) is 2.94. The third-order valence-electron chi connectivity index (χ3n) is 2.69. The zero-order valence-corrected chi connectivity index (χ0v) is 12.8. The summed E-state index contributed by atoms with van der Waals surface area (Å²) in [4.78, 5) is 23.1. The zero-order chi connectivity index (χ0) is 17.7. The van der Waals surface area contributed by atoms with Gasteiger partial charge >= 0.3 is 12.1 Å². The molecule has 0 radical (unpaired) electrons. The number of rotatable bonds is 5. The Bertz CT molecular complexity index is 746. The van der Waals surface area contributed by atoms with Crippen LogP contribution in [0, 0.1) is 0 Å². The van der Waals surface area contributed by atoms with E-state index >= 15 is 0 Å². The number of halogens is 4. The third-order valence-corrected chi connectivity index (χ3v) is 2.93. The second kappa shape index (κ2) is 7.35. The highest BCUT2D eigenvalue weighted by Gasteiger charge is 2.33. The van der Waals surface area contributed by atoms with Gasteiger partial charge in [-0.15, -0.1) is 0 Å². The predicted molar refractivity (Wildman–Crippen MR) is 78.3 cm³/mol. The van der Waals surface area contributed by atoms with E-state index in [4.69, 9.17) is 11.6 Å². The first-order valence-corrected chi connectivity index (χ1v) is 6.93. The molecule has 0 unspecified atom stereocenters. The van der Waals surface area contributed by atoms with Gasteiger partial charge in [0.15, 0.2) is 12.3 Å². The van der Waals surface area contributed by atoms with Crippen LogP contribution in [0.25, 0.3) is 0 Å². The topological polar surface area (TPSA) is 73.2 Å². The summed E-state index contributed by atoms with van der Waals surface area (Å²) in [5, 5.41) is 6.08. The van der Waals surface area contributed by atoms with Crippen LogP contribution in [-0.4, -0.2) is 28.3 Å². The van der Waals surface area contributed by atoms with Crippen LogP contribution in [0.4, 0.5) is 18.9 Å². The first-order valence-electron chi connectivity index (χ1n) is 6.56. The molecule has 1 N–H and O–H groups in total. The molecule has 128 valence electrons. The van der Waals surface area contributed by atoms with Crippen LogP contribution in [0.3, 0.4) is 0 Å². The quantitative estimate of drug-likeness (QED) is 0.831. The maximum absolute atomic E-state index is 12.4. The summed E-state index contributed by atoms with van der Waals surface area (Å²) < 4.78 is 42.6. The Kier molecular flexibility index (Phi) is 5.45. The first-order chi connectivity index (χ1) is 11.2. The minimum atomic E-state index is -4.59. The number of carbonyl (C=O) groups is 2. The van der Waals surface area contributed by atoms with Crippen LogP contribution in [0.15, 0.2) is 36.5 Å². The van der Waals surface area contributed by atoms with E-state index in [1.165, 1.54) is 6.07 Å². The highest BCUT2D eigenvalue weighted by molar-refractivity contribution is 6.30. The van der Waals surface area contributed by atoms with E-state index in [0.29, 0.717) is 10.7 Å². The number of benzene rings is 1. The molecule has 0 aliphatic rings. The van der Waals surface area contributed by atoms with Crippen molar-refractivity contribution in [2.24, 2.45) is 0 Å². The second-order valence-corrected chi connectivity index (χ2v) is 5.05. The number of nitrogens with zero attached hydrogens (tertiary/aromatic N) is 2. The Morgan fingerprint density at radius 1 is 1.29 bits per heavy atom. The van der Waals surface area contributed by atoms with E-state index in [0.717, 1.165) is 16.9 Å². The fraction of sp³-hybridized carbons (Fsp3) is 0.214. The Balaban J connectivity index is 1.80. The van der Waals surface area contributed by atoms with E-state index in [9.17, 15) is 22.8 Å². The number of ether oxygens (including phenoxy) is 1. The number of carbonyl (C=O) groups excluding carboxylic acids is 2. The van der Waals surface area contributed by atoms with Crippen molar-refractivity contribution in [2.75, 3.05) is 11.9 Å². The average molecular weight is 362 g/mol. The molecule has 0 atom stereocenters. The largest absolute Gasteiger partial charge is 0.454 e. The second-order valence-electron chi connectivity index (χ2n) is 4.62. The standard InChI is InChI=1S/C14H11ClF3N3O3/c15-9-2-1-3-10(6-9)19-12(22)8-24-13(23)7-21-5-4-11(20-21)14(16,17)18/h1-6H,7-8H2,(H,19,22). The van der Waals surface area contributed by atoms with Gasteiger partial charge in [0, 0.05) is 16.9 Å². The summed E-state index contributed by atoms with van der Waals surface area (Å²) in [6.45, 7) is -1.13. The van der Waals surface area contributed by atoms with Crippen LogP contribution in [0.2, 0.25) is 5.02 Å². The van der Waals surface area contributed by atoms with E-state index in [1.54, 1.807) is 18.2 Å². The Hall–Kier alpha value is -2.55. The number of hydrogen-bond acceptors (Lipinski definition) is 4. The molecule has 2 aromatic rings. The summed E-state index contributed by atoms with van der Waals surface area (Å²) >= 11 is 5.75. The van der Waals surface area contributed by atoms with Crippen LogP contribution < -0.4 is 5.32 Å². The van der Waals surface area contributed by atoms with Gasteiger partial charge in [-0.1, -0.05) is 17.7 Å². The van der Waals surface area contributed by atoms with E-state index in [-0.39, 0.29) is 0 Å². The molecule has 0 aliphatic carbocycles. The summed E-state index contributed by atoms with van der Waals surface area (Å²) in [5.74, 6) is -1.50. The molecule has 1 heterocycles. The number of aromatic nitrogens is 2. The fourth-order valence-corrected chi connectivity index (χ4v) is 1.88. The molecule has 0 aliphatic heterocycles. The third kappa shape index (κ3) is 5.27. The monoisotopic (exact) mass is 361 g/mol. The maximum atomic E-state index is 12.4. The lowest BCUT2D eigenvalue weighted by Crippen LogP contribution is -2.23. The van der Waals surface area contributed by atoms with Gasteiger partial charge in [0.2, 0.25) is 0 Å². The molecule has 1 aromatic carbocycles. The lowest BCUT2D eigenvalue weighted by Gasteiger charge is -2.07. The molecule has 24 heavy (non-hydrogen) atoms. The van der Waals surface area contributed by atoms with Gasteiger partial charge in [-0.05, 0) is 24.3 Å². The molecule has 1 aromatic heterocycles. The Morgan fingerprint density at radius 2 is 2.04 bits per heavy atom. The zero-order valence-electron chi connectivity index (χ0n) is 12.0. The van der Waals surface area contributed by atoms with Gasteiger partial charge in [0.25, 0.3) is 5.91 Å². The SMILES string of the molecule is O=C(COC(=O)Cn1ccc(C(F)(F)F)n1)Nc1cccc(Cl)c1. The minimum Gasteiger partial charge on any atom is -0.454 e. The fourth-order valence-electron chi connectivity index (χ4n) is 1.69. The molecular weight excluding hydrogens is 351 g/mol. The Morgan fingerprint density at radius 3 is 2.67 bits per heavy atom. The lowest BCUT2D eigenvalue weighted by atomic mass is 10.3. The number of amides is 1. The smallest absolute Gasteiger partial charge is 0.435 e. The van der Waals surface area contributed by atoms with Crippen molar-refractivity contribution in [3.8, 4) is 0 Å². The molecule has 6 nitrogen and oxygen atoms in total. The van der Waals surface area contributed by atoms with Crippen molar-refractivity contribution >= 4 is 29.2 Å². The van der Waals surface area contributed by atoms with E-state index in [2.05, 4.69) is 15.2 Å². The van der Waals surface area contributed by atoms with Crippen molar-refractivity contribution in [3.05, 3.63) is 47.2 Å². The predicted octanol–water partition coefficient (Wildman–Crippen LogP) is 2.74. The van der Waals surface area contributed by atoms with Crippen molar-refractivity contribution in [2.45, 2.75) is 12.7 Å². The molecule has 0 bridgehead atoms. The summed E-state index contributed by atoms with van der Waals surface area (Å²) in [6.07, 6.45) is -3.60. The molecule has 2 rings (SSSR count). The first kappa shape index (κ1) is 17.8. The van der Waals surface area contributed by atoms with Gasteiger partial charge in [-0.25, -0.2) is 0 Å². The van der Waals surface area contributed by atoms with Crippen LogP contribution >= 0.6 is 11.6 Å². The van der Waals surface area contributed by atoms with Crippen LogP contribution in [0.5, 0.6) is 0 Å². The molecule has 0 saturated heterocycles. The summed E-state index contributed by atoms with van der Waals surface area (Å²) in [6, 6.07) is 7.08. The normalized spacial score (nSPS) is 11.2. The number of hydrogen-bond donors (Lipinski definition) is 1. The van der Waals surface area contributed by atoms with Gasteiger partial charge < -0.3 is 10.1 Å². The van der Waals surface area contributed by atoms with E-state index < -0.39 is 36.9 Å². The van der Waals surface area contributed by atoms with Crippen molar-refractivity contribution in [1.82, 2.24) is 9.78 Å². The number of esters is 1. The van der Waals surface area contributed by atoms with Crippen molar-refractivity contribution < 1.29 is 27.5 Å². The summed E-state index contributed by atoms with van der Waals surface area (Å²) in [5.41, 5.74) is -0.695. The molecular formula is C14H11ClF3N3O3. The van der Waals surface area contributed by atoms with Crippen molar-refractivity contribution in [3.63, 3.8) is 0 Å². The molecule has 0 spiro atoms. The highest BCUT2D eigenvalue weighted by Crippen LogP contribution is 2.27. The highest BCUT2D eigenvalue weighted by atomic mass is 35.5. The van der Waals surface area contributed by atoms with E-state index in [1.807, 2.05) is 0 Å². The van der Waals surface area contributed by atoms with Gasteiger partial charge in [0.1, 0.15) is 6.54 Å². The maximum Gasteiger partial charge on any atom is 0.435 e. The number of nitrogens with one attached hydrogen (secondary N) is 1. The van der Waals surface area contributed by atoms with Gasteiger partial charge in [-0.2, -0.15) is 18.3 Å². The lowest BCUT2D eigenvalue weighted by molar-refractivity contribution is -0.148. The van der Waals surface area contributed by atoms with Crippen molar-refractivity contribution in [1.29, 1.82) is 0 Å². The molecule has 1 amide bonds. The van der Waals surface area contributed by atoms with Crippen LogP contribution in [0.1, 0.15) is 5.69 Å². The Labute approximate surface area is 139 Å². The number of alkyl halides is 3. The molecule has 0 fully saturated rings. The van der Waals surface area contributed by atoms with Gasteiger partial charge in [0.05, 0.1) is 0 Å². The minimum absolute atomic E-state index is 0.420. The van der Waals surface area contributed by atoms with Gasteiger partial charge in [-0.3, -0.25) is 14.3 Å². The number of anilines is 1. The molecule has 0 saturated carbocycles.